The second-order valence-corrected chi connectivity index (χ2v) is 7.15. The van der Waals surface area contributed by atoms with Crippen LogP contribution in [0.2, 0.25) is 0 Å². The van der Waals surface area contributed by atoms with Crippen LogP contribution in [0.15, 0.2) is 35.1 Å². The van der Waals surface area contributed by atoms with Gasteiger partial charge in [0.1, 0.15) is 12.7 Å². The second-order valence-electron chi connectivity index (χ2n) is 5.09. The maximum absolute atomic E-state index is 11.4. The van der Waals surface area contributed by atoms with E-state index in [0.29, 0.717) is 18.7 Å². The minimum Gasteiger partial charge on any atom is -0.460 e. The van der Waals surface area contributed by atoms with Gasteiger partial charge in [0, 0.05) is 23.8 Å². The zero-order valence-corrected chi connectivity index (χ0v) is 14.9. The van der Waals surface area contributed by atoms with Gasteiger partial charge in [-0.15, -0.1) is 4.89 Å². The van der Waals surface area contributed by atoms with Gasteiger partial charge in [-0.2, -0.15) is 0 Å². The Hall–Kier alpha value is -1.02. The summed E-state index contributed by atoms with van der Waals surface area (Å²) in [5.41, 5.74) is -1.16. The fourth-order valence-electron chi connectivity index (χ4n) is 2.91. The van der Waals surface area contributed by atoms with E-state index in [2.05, 4.69) is 0 Å². The molecule has 0 saturated carbocycles. The van der Waals surface area contributed by atoms with Crippen molar-refractivity contribution in [2.24, 2.45) is 0 Å². The fraction of sp³-hybridized carbons (Fsp3) is 0.500. The fourth-order valence-corrected chi connectivity index (χ4v) is 4.34. The molecule has 0 aliphatic carbocycles. The van der Waals surface area contributed by atoms with Gasteiger partial charge in [0.15, 0.2) is 10.9 Å². The Morgan fingerprint density at radius 2 is 2.39 bits per heavy atom. The number of carbonyl (C=O) groups is 1. The van der Waals surface area contributed by atoms with E-state index >= 15 is 0 Å². The highest BCUT2D eigenvalue weighted by atomic mass is 32.2. The molecule has 0 bridgehead atoms. The van der Waals surface area contributed by atoms with Gasteiger partial charge in [0.25, 0.3) is 0 Å². The molecule has 0 amide bonds. The number of hydroxylamine groups is 3. The highest BCUT2D eigenvalue weighted by Crippen LogP contribution is 2.49. The van der Waals surface area contributed by atoms with Gasteiger partial charge >= 0.3 is 14.0 Å². The molecular weight excluding hydrogens is 341 g/mol. The van der Waals surface area contributed by atoms with E-state index in [0.717, 1.165) is 0 Å². The normalized spacial score (nSPS) is 31.1. The number of carbonyl (C=O) groups excluding carboxylic acids is 1. The third-order valence-corrected chi connectivity index (χ3v) is 5.27. The average molecular weight is 361 g/mol. The van der Waals surface area contributed by atoms with Crippen LogP contribution in [0, 0.1) is 0 Å². The van der Waals surface area contributed by atoms with Gasteiger partial charge in [-0.05, 0) is 25.1 Å². The molecule has 4 atom stereocenters. The van der Waals surface area contributed by atoms with E-state index < -0.39 is 14.0 Å². The summed E-state index contributed by atoms with van der Waals surface area (Å²) in [5.74, 6) is 0.470. The lowest BCUT2D eigenvalue weighted by Gasteiger charge is -2.44. The van der Waals surface area contributed by atoms with Crippen LogP contribution >= 0.6 is 20.0 Å². The van der Waals surface area contributed by atoms with Crippen molar-refractivity contribution in [1.82, 2.24) is 0 Å². The molecule has 1 aromatic heterocycles. The molecule has 0 spiro atoms. The summed E-state index contributed by atoms with van der Waals surface area (Å²) in [5, 5.41) is -0.176. The first-order valence-corrected chi connectivity index (χ1v) is 9.09. The standard InChI is InChI=1S/C14H19NO6PS/c1-4-15(21-22(17)18)8-7-12(23-11(2)16)10-14(15,19-3)13-6-5-9-20-13/h5-9,12H,4,10H2,1-3H3/q+1/p+1. The number of methoxy groups -OCH3 is 1. The number of thioether (sulfide) groups is 1. The monoisotopic (exact) mass is 361 g/mol. The van der Waals surface area contributed by atoms with Crippen molar-refractivity contribution < 1.29 is 32.7 Å². The largest absolute Gasteiger partial charge is 0.748 e. The molecule has 23 heavy (non-hydrogen) atoms. The molecule has 0 fully saturated rings. The van der Waals surface area contributed by atoms with Crippen molar-refractivity contribution in [2.75, 3.05) is 13.7 Å². The van der Waals surface area contributed by atoms with Crippen molar-refractivity contribution in [2.45, 2.75) is 31.2 Å². The number of rotatable bonds is 6. The van der Waals surface area contributed by atoms with E-state index in [9.17, 15) is 14.3 Å². The van der Waals surface area contributed by atoms with Crippen molar-refractivity contribution in [3.05, 3.63) is 36.4 Å². The summed E-state index contributed by atoms with van der Waals surface area (Å²) in [6, 6.07) is 3.44. The molecule has 0 radical (unpaired) electrons. The van der Waals surface area contributed by atoms with Crippen molar-refractivity contribution in [1.29, 1.82) is 0 Å². The number of hydrogen-bond acceptors (Lipinski definition) is 6. The molecule has 0 saturated heterocycles. The lowest BCUT2D eigenvalue weighted by molar-refractivity contribution is -1.11. The predicted molar refractivity (Wildman–Crippen MR) is 84.9 cm³/mol. The van der Waals surface area contributed by atoms with E-state index in [1.165, 1.54) is 32.1 Å². The highest BCUT2D eigenvalue weighted by molar-refractivity contribution is 8.14. The van der Waals surface area contributed by atoms with Crippen molar-refractivity contribution in [3.8, 4) is 0 Å². The molecule has 126 valence electrons. The van der Waals surface area contributed by atoms with Gasteiger partial charge in [0.05, 0.1) is 17.3 Å². The number of ether oxygens (including phenoxy) is 1. The summed E-state index contributed by atoms with van der Waals surface area (Å²) in [7, 11) is -1.38. The molecule has 0 aromatic carbocycles. The Kier molecular flexibility index (Phi) is 5.78. The van der Waals surface area contributed by atoms with Crippen LogP contribution in [-0.4, -0.2) is 33.6 Å². The van der Waals surface area contributed by atoms with E-state index in [1.54, 1.807) is 24.4 Å². The van der Waals surface area contributed by atoms with Crippen LogP contribution in [0.1, 0.15) is 26.0 Å². The Morgan fingerprint density at radius 1 is 1.65 bits per heavy atom. The molecule has 4 unspecified atom stereocenters. The molecule has 1 aliphatic heterocycles. The minimum absolute atomic E-state index is 0.0188. The first-order valence-electron chi connectivity index (χ1n) is 7.08. The van der Waals surface area contributed by atoms with Gasteiger partial charge < -0.3 is 9.15 Å². The lowest BCUT2D eigenvalue weighted by atomic mass is 9.97. The van der Waals surface area contributed by atoms with Gasteiger partial charge in [-0.1, -0.05) is 16.4 Å². The highest BCUT2D eigenvalue weighted by Gasteiger charge is 2.63. The van der Waals surface area contributed by atoms with Crippen LogP contribution in [0.5, 0.6) is 0 Å². The van der Waals surface area contributed by atoms with Crippen LogP contribution in [0.25, 0.3) is 0 Å². The summed E-state index contributed by atoms with van der Waals surface area (Å²) < 4.78 is 27.7. The summed E-state index contributed by atoms with van der Waals surface area (Å²) >= 11 is 1.17. The topological polar surface area (TPSA) is 86.0 Å². The summed E-state index contributed by atoms with van der Waals surface area (Å²) in [6.45, 7) is 3.65. The third-order valence-electron chi connectivity index (χ3n) is 3.88. The van der Waals surface area contributed by atoms with E-state index in [-0.39, 0.29) is 15.0 Å². The third kappa shape index (κ3) is 3.42. The van der Waals surface area contributed by atoms with Crippen molar-refractivity contribution in [3.63, 3.8) is 0 Å². The number of hydrogen-bond donors (Lipinski definition) is 1. The Morgan fingerprint density at radius 3 is 2.87 bits per heavy atom. The Balaban J connectivity index is 2.56. The van der Waals surface area contributed by atoms with E-state index in [4.69, 9.17) is 13.8 Å². The van der Waals surface area contributed by atoms with Gasteiger partial charge in [-0.25, -0.2) is 0 Å². The van der Waals surface area contributed by atoms with Crippen LogP contribution < -0.4 is 0 Å². The first kappa shape index (κ1) is 18.3. The van der Waals surface area contributed by atoms with Gasteiger partial charge in [-0.3, -0.25) is 4.79 Å². The lowest BCUT2D eigenvalue weighted by Crippen LogP contribution is -2.61. The second kappa shape index (κ2) is 7.25. The van der Waals surface area contributed by atoms with Crippen LogP contribution in [0.4, 0.5) is 0 Å². The number of quaternary nitrogens is 1. The van der Waals surface area contributed by atoms with Crippen LogP contribution in [0.3, 0.4) is 0 Å². The first-order chi connectivity index (χ1) is 10.9. The Bertz CT molecular complexity index is 606. The molecule has 1 aromatic rings. The van der Waals surface area contributed by atoms with Crippen molar-refractivity contribution >= 4 is 25.1 Å². The molecule has 2 heterocycles. The van der Waals surface area contributed by atoms with Crippen LogP contribution in [-0.2, 0) is 24.4 Å². The summed E-state index contributed by atoms with van der Waals surface area (Å²) in [4.78, 5) is 20.8. The molecule has 2 rings (SSSR count). The maximum atomic E-state index is 11.4. The number of nitrogens with zero attached hydrogens (tertiary/aromatic N) is 1. The molecule has 1 aliphatic rings. The summed E-state index contributed by atoms with van der Waals surface area (Å²) in [6.07, 6.45) is 5.31. The SMILES string of the molecule is CC[N+]1(O[P+](=O)O)C=CC(SC(C)=O)CC1(OC)c1ccco1. The quantitative estimate of drug-likeness (QED) is 0.615. The maximum Gasteiger partial charge on any atom is 0.748 e. The van der Waals surface area contributed by atoms with Gasteiger partial charge in [0.2, 0.25) is 0 Å². The molecular formula is C14H20NO6PS+2. The average Bonchev–Trinajstić information content (AvgIpc) is 3.02. The predicted octanol–water partition coefficient (Wildman–Crippen LogP) is 3.06. The zero-order valence-electron chi connectivity index (χ0n) is 13.2. The Labute approximate surface area is 139 Å². The molecule has 7 nitrogen and oxygen atoms in total. The zero-order chi connectivity index (χ0) is 17.1. The number of furan rings is 1. The minimum atomic E-state index is -2.87. The smallest absolute Gasteiger partial charge is 0.460 e. The van der Waals surface area contributed by atoms with E-state index in [1.807, 2.05) is 6.92 Å². The molecule has 1 N–H and O–H groups in total. The molecule has 9 heteroatoms.